The lowest BCUT2D eigenvalue weighted by Gasteiger charge is -2.36. The van der Waals surface area contributed by atoms with Gasteiger partial charge < -0.3 is 5.32 Å². The standard InChI is InChI=1S/C23H20ClN3O3/c1-12-4-9-16-15(11-12)23(22(30)25-16)19-18(17-3-2-10-26(17)23)20(28)27(21(19)29)14-7-5-13(24)6-8-14/h4-9,11,17-19H,2-3,10H2,1H3,(H,25,30)/t17-,18-,19-,23-/m1/s1. The lowest BCUT2D eigenvalue weighted by molar-refractivity contribution is -0.135. The Kier molecular flexibility index (Phi) is 3.58. The number of hydrogen-bond donors (Lipinski definition) is 1. The smallest absolute Gasteiger partial charge is 0.250 e. The first kappa shape index (κ1) is 18.1. The summed E-state index contributed by atoms with van der Waals surface area (Å²) in [6, 6.07) is 12.4. The number of carbonyl (C=O) groups excluding carboxylic acids is 3. The second kappa shape index (κ2) is 5.93. The molecule has 0 unspecified atom stereocenters. The van der Waals surface area contributed by atoms with Crippen LogP contribution in [0.2, 0.25) is 5.02 Å². The van der Waals surface area contributed by atoms with Gasteiger partial charge in [-0.1, -0.05) is 29.3 Å². The average Bonchev–Trinajstić information content (AvgIpc) is 3.42. The van der Waals surface area contributed by atoms with Gasteiger partial charge in [-0.05, 0) is 56.6 Å². The third kappa shape index (κ3) is 2.01. The topological polar surface area (TPSA) is 69.7 Å². The highest BCUT2D eigenvalue weighted by molar-refractivity contribution is 6.31. The number of nitrogens with one attached hydrogen (secondary N) is 1. The highest BCUT2D eigenvalue weighted by atomic mass is 35.5. The van der Waals surface area contributed by atoms with Gasteiger partial charge in [0.1, 0.15) is 5.54 Å². The molecule has 4 heterocycles. The molecular weight excluding hydrogens is 402 g/mol. The Morgan fingerprint density at radius 2 is 1.83 bits per heavy atom. The number of nitrogens with zero attached hydrogens (tertiary/aromatic N) is 2. The zero-order valence-corrected chi connectivity index (χ0v) is 17.1. The summed E-state index contributed by atoms with van der Waals surface area (Å²) < 4.78 is 0. The number of carbonyl (C=O) groups is 3. The molecule has 152 valence electrons. The average molecular weight is 422 g/mol. The van der Waals surface area contributed by atoms with E-state index in [2.05, 4.69) is 10.2 Å². The first-order valence-electron chi connectivity index (χ1n) is 10.3. The number of fused-ring (bicyclic) bond motifs is 7. The second-order valence-corrected chi connectivity index (χ2v) is 9.10. The molecule has 6 nitrogen and oxygen atoms in total. The number of rotatable bonds is 1. The first-order chi connectivity index (χ1) is 14.4. The van der Waals surface area contributed by atoms with Crippen LogP contribution in [0, 0.1) is 18.8 Å². The van der Waals surface area contributed by atoms with Crippen molar-refractivity contribution >= 4 is 40.7 Å². The fraction of sp³-hybridized carbons (Fsp3) is 0.348. The van der Waals surface area contributed by atoms with Gasteiger partial charge in [-0.15, -0.1) is 0 Å². The van der Waals surface area contributed by atoms with Gasteiger partial charge in [0, 0.05) is 22.3 Å². The molecule has 3 amide bonds. The second-order valence-electron chi connectivity index (χ2n) is 8.66. The number of amides is 3. The van der Waals surface area contributed by atoms with Crippen molar-refractivity contribution in [3.05, 3.63) is 58.6 Å². The van der Waals surface area contributed by atoms with Crippen molar-refractivity contribution in [3.63, 3.8) is 0 Å². The van der Waals surface area contributed by atoms with Gasteiger partial charge in [0.15, 0.2) is 0 Å². The van der Waals surface area contributed by atoms with E-state index in [-0.39, 0.29) is 23.8 Å². The maximum absolute atomic E-state index is 13.8. The van der Waals surface area contributed by atoms with E-state index in [9.17, 15) is 14.4 Å². The minimum Gasteiger partial charge on any atom is -0.324 e. The molecule has 4 atom stereocenters. The predicted octanol–water partition coefficient (Wildman–Crippen LogP) is 3.08. The van der Waals surface area contributed by atoms with Crippen molar-refractivity contribution in [3.8, 4) is 0 Å². The van der Waals surface area contributed by atoms with Crippen molar-refractivity contribution < 1.29 is 14.4 Å². The molecule has 2 aromatic rings. The number of imide groups is 1. The summed E-state index contributed by atoms with van der Waals surface area (Å²) in [5.41, 5.74) is 1.97. The molecule has 0 aliphatic carbocycles. The van der Waals surface area contributed by atoms with Crippen LogP contribution in [0.25, 0.3) is 0 Å². The van der Waals surface area contributed by atoms with Crippen LogP contribution in [0.15, 0.2) is 42.5 Å². The third-order valence-corrected chi connectivity index (χ3v) is 7.48. The molecule has 1 spiro atoms. The summed E-state index contributed by atoms with van der Waals surface area (Å²) in [7, 11) is 0. The molecular formula is C23H20ClN3O3. The molecule has 4 aliphatic heterocycles. The van der Waals surface area contributed by atoms with Crippen LogP contribution in [0.1, 0.15) is 24.0 Å². The van der Waals surface area contributed by atoms with E-state index in [1.165, 1.54) is 4.90 Å². The molecule has 0 bridgehead atoms. The van der Waals surface area contributed by atoms with Crippen molar-refractivity contribution in [2.45, 2.75) is 31.3 Å². The first-order valence-corrected chi connectivity index (χ1v) is 10.6. The van der Waals surface area contributed by atoms with Gasteiger partial charge in [-0.25, -0.2) is 4.90 Å². The molecule has 3 fully saturated rings. The van der Waals surface area contributed by atoms with E-state index in [1.807, 2.05) is 25.1 Å². The molecule has 2 aromatic carbocycles. The quantitative estimate of drug-likeness (QED) is 0.718. The number of halogens is 1. The van der Waals surface area contributed by atoms with Crippen LogP contribution in [-0.4, -0.2) is 35.2 Å². The van der Waals surface area contributed by atoms with Gasteiger partial charge >= 0.3 is 0 Å². The summed E-state index contributed by atoms with van der Waals surface area (Å²) in [5, 5.41) is 3.54. The van der Waals surface area contributed by atoms with Crippen LogP contribution in [-0.2, 0) is 19.9 Å². The normalized spacial score (nSPS) is 32.0. The van der Waals surface area contributed by atoms with Gasteiger partial charge in [-0.3, -0.25) is 19.3 Å². The Balaban J connectivity index is 1.56. The number of hydrogen-bond acceptors (Lipinski definition) is 4. The van der Waals surface area contributed by atoms with E-state index < -0.39 is 17.4 Å². The van der Waals surface area contributed by atoms with E-state index in [0.29, 0.717) is 17.3 Å². The van der Waals surface area contributed by atoms with Gasteiger partial charge in [0.05, 0.1) is 17.5 Å². The molecule has 1 N–H and O–H groups in total. The van der Waals surface area contributed by atoms with Crippen LogP contribution in [0.4, 0.5) is 11.4 Å². The monoisotopic (exact) mass is 421 g/mol. The Bertz CT molecular complexity index is 1130. The fourth-order valence-corrected chi connectivity index (χ4v) is 6.29. The number of anilines is 2. The van der Waals surface area contributed by atoms with E-state index in [4.69, 9.17) is 11.6 Å². The molecule has 0 radical (unpaired) electrons. The molecule has 7 heteroatoms. The van der Waals surface area contributed by atoms with Crippen LogP contribution < -0.4 is 10.2 Å². The predicted molar refractivity (Wildman–Crippen MR) is 112 cm³/mol. The number of benzene rings is 2. The zero-order valence-electron chi connectivity index (χ0n) is 16.4. The van der Waals surface area contributed by atoms with E-state index >= 15 is 0 Å². The molecule has 0 aromatic heterocycles. The highest BCUT2D eigenvalue weighted by Crippen LogP contribution is 2.60. The molecule has 3 saturated heterocycles. The van der Waals surface area contributed by atoms with Crippen molar-refractivity contribution in [1.82, 2.24) is 4.90 Å². The SMILES string of the molecule is Cc1ccc2c(c1)[C@]1(C(=O)N2)[C@H]2C(=O)N(c3ccc(Cl)cc3)C(=O)[C@@H]2[C@H]2CCCN21. The Hall–Kier alpha value is -2.70. The molecule has 30 heavy (non-hydrogen) atoms. The van der Waals surface area contributed by atoms with Crippen molar-refractivity contribution in [2.24, 2.45) is 11.8 Å². The summed E-state index contributed by atoms with van der Waals surface area (Å²) in [5.74, 6) is -1.95. The lowest BCUT2D eigenvalue weighted by Crippen LogP contribution is -2.54. The van der Waals surface area contributed by atoms with Gasteiger partial charge in [0.2, 0.25) is 17.7 Å². The summed E-state index contributed by atoms with van der Waals surface area (Å²) in [4.78, 5) is 44.3. The zero-order chi connectivity index (χ0) is 20.8. The lowest BCUT2D eigenvalue weighted by atomic mass is 9.75. The third-order valence-electron chi connectivity index (χ3n) is 7.23. The van der Waals surface area contributed by atoms with Crippen molar-refractivity contribution in [1.29, 1.82) is 0 Å². The van der Waals surface area contributed by atoms with Gasteiger partial charge in [-0.2, -0.15) is 0 Å². The Morgan fingerprint density at radius 3 is 2.60 bits per heavy atom. The van der Waals surface area contributed by atoms with Gasteiger partial charge in [0.25, 0.3) is 0 Å². The maximum atomic E-state index is 13.8. The molecule has 0 saturated carbocycles. The van der Waals surface area contributed by atoms with Crippen LogP contribution in [0.5, 0.6) is 0 Å². The largest absolute Gasteiger partial charge is 0.324 e. The summed E-state index contributed by atoms with van der Waals surface area (Å²) in [6.07, 6.45) is 1.72. The highest BCUT2D eigenvalue weighted by Gasteiger charge is 2.74. The summed E-state index contributed by atoms with van der Waals surface area (Å²) in [6.45, 7) is 2.69. The van der Waals surface area contributed by atoms with E-state index in [0.717, 1.165) is 29.7 Å². The fourth-order valence-electron chi connectivity index (χ4n) is 6.16. The van der Waals surface area contributed by atoms with Crippen molar-refractivity contribution in [2.75, 3.05) is 16.8 Å². The molecule has 4 aliphatic rings. The minimum atomic E-state index is -1.12. The van der Waals surface area contributed by atoms with E-state index in [1.54, 1.807) is 24.3 Å². The number of aryl methyl sites for hydroxylation is 1. The minimum absolute atomic E-state index is 0.110. The maximum Gasteiger partial charge on any atom is 0.250 e. The molecule has 6 rings (SSSR count). The van der Waals surface area contributed by atoms with Crippen LogP contribution >= 0.6 is 11.6 Å². The summed E-state index contributed by atoms with van der Waals surface area (Å²) >= 11 is 6.00. The van der Waals surface area contributed by atoms with Crippen LogP contribution in [0.3, 0.4) is 0 Å². The Morgan fingerprint density at radius 1 is 1.07 bits per heavy atom. The Labute approximate surface area is 178 Å².